The van der Waals surface area contributed by atoms with E-state index in [1.165, 1.54) is 0 Å². The van der Waals surface area contributed by atoms with Crippen LogP contribution in [0.25, 0.3) is 23.1 Å². The van der Waals surface area contributed by atoms with Crippen LogP contribution in [0.1, 0.15) is 16.9 Å². The quantitative estimate of drug-likeness (QED) is 0.686. The van der Waals surface area contributed by atoms with Crippen LogP contribution in [0.2, 0.25) is 0 Å². The molecular weight excluding hydrogens is 320 g/mol. The van der Waals surface area contributed by atoms with Crippen molar-refractivity contribution in [3.05, 3.63) is 47.2 Å². The number of hydrogen-bond acceptors (Lipinski definition) is 5. The van der Waals surface area contributed by atoms with Crippen molar-refractivity contribution in [2.24, 2.45) is 0 Å². The highest BCUT2D eigenvalue weighted by Gasteiger charge is 2.12. The van der Waals surface area contributed by atoms with E-state index in [0.29, 0.717) is 28.2 Å². The summed E-state index contributed by atoms with van der Waals surface area (Å²) < 4.78 is 21.6. The smallest absolute Gasteiger partial charge is 0.203 e. The molecule has 0 saturated heterocycles. The number of rotatable bonds is 5. The van der Waals surface area contributed by atoms with Crippen LogP contribution in [-0.2, 0) is 0 Å². The second-order valence-electron chi connectivity index (χ2n) is 5.60. The lowest BCUT2D eigenvalue weighted by atomic mass is 10.1. The molecule has 3 aromatic rings. The summed E-state index contributed by atoms with van der Waals surface area (Å²) in [5.74, 6) is 2.67. The van der Waals surface area contributed by atoms with E-state index in [1.54, 1.807) is 27.4 Å². The summed E-state index contributed by atoms with van der Waals surface area (Å²) >= 11 is 0. The van der Waals surface area contributed by atoms with Crippen molar-refractivity contribution in [2.75, 3.05) is 21.3 Å². The first-order valence-corrected chi connectivity index (χ1v) is 7.77. The molecule has 130 valence electrons. The van der Waals surface area contributed by atoms with E-state index in [1.807, 2.05) is 43.3 Å². The van der Waals surface area contributed by atoms with Crippen LogP contribution >= 0.6 is 0 Å². The van der Waals surface area contributed by atoms with E-state index in [-0.39, 0.29) is 5.75 Å². The number of fused-ring (bicyclic) bond motifs is 1. The predicted molar refractivity (Wildman–Crippen MR) is 97.6 cm³/mol. The summed E-state index contributed by atoms with van der Waals surface area (Å²) in [6, 6.07) is 9.11. The number of ether oxygens (including phenoxy) is 3. The van der Waals surface area contributed by atoms with E-state index in [9.17, 15) is 5.11 Å². The Morgan fingerprint density at radius 1 is 0.840 bits per heavy atom. The second-order valence-corrected chi connectivity index (χ2v) is 5.60. The van der Waals surface area contributed by atoms with Crippen LogP contribution in [0, 0.1) is 6.92 Å². The van der Waals surface area contributed by atoms with Crippen molar-refractivity contribution >= 4 is 23.1 Å². The third kappa shape index (κ3) is 3.26. The zero-order chi connectivity index (χ0) is 18.0. The molecule has 5 heteroatoms. The van der Waals surface area contributed by atoms with Gasteiger partial charge in [-0.1, -0.05) is 12.2 Å². The molecule has 0 unspecified atom stereocenters. The van der Waals surface area contributed by atoms with Gasteiger partial charge < -0.3 is 23.7 Å². The van der Waals surface area contributed by atoms with Gasteiger partial charge in [-0.05, 0) is 48.4 Å². The molecule has 1 N–H and O–H groups in total. The largest absolute Gasteiger partial charge is 0.507 e. The molecule has 0 amide bonds. The zero-order valence-corrected chi connectivity index (χ0v) is 14.6. The lowest BCUT2D eigenvalue weighted by molar-refractivity contribution is 0.324. The Morgan fingerprint density at radius 3 is 2.00 bits per heavy atom. The standard InChI is InChI=1S/C20H20O5/c1-12-7-15-16(21)8-13(9-17(15)25-12)5-6-14-10-18(22-2)20(24-4)19(11-14)23-3/h5-11,21H,1-4H3/b6-5+. The maximum Gasteiger partial charge on any atom is 0.203 e. The fraction of sp³-hybridized carbons (Fsp3) is 0.200. The number of furan rings is 1. The van der Waals surface area contributed by atoms with Crippen LogP contribution in [0.15, 0.2) is 34.7 Å². The van der Waals surface area contributed by atoms with Gasteiger partial charge >= 0.3 is 0 Å². The summed E-state index contributed by atoms with van der Waals surface area (Å²) in [5.41, 5.74) is 2.36. The Bertz CT molecular complexity index is 912. The molecule has 1 aromatic heterocycles. The second kappa shape index (κ2) is 6.81. The first-order chi connectivity index (χ1) is 12.0. The van der Waals surface area contributed by atoms with Crippen molar-refractivity contribution < 1.29 is 23.7 Å². The van der Waals surface area contributed by atoms with Crippen LogP contribution in [-0.4, -0.2) is 26.4 Å². The molecule has 0 radical (unpaired) electrons. The number of aryl methyl sites for hydroxylation is 1. The highest BCUT2D eigenvalue weighted by Crippen LogP contribution is 2.38. The third-order valence-corrected chi connectivity index (χ3v) is 3.92. The Labute approximate surface area is 146 Å². The zero-order valence-electron chi connectivity index (χ0n) is 14.6. The maximum absolute atomic E-state index is 10.1. The molecule has 0 spiro atoms. The molecule has 5 nitrogen and oxygen atoms in total. The number of hydrogen-bond donors (Lipinski definition) is 1. The van der Waals surface area contributed by atoms with E-state index >= 15 is 0 Å². The first kappa shape index (κ1) is 16.8. The molecule has 0 bridgehead atoms. The van der Waals surface area contributed by atoms with Crippen molar-refractivity contribution in [1.29, 1.82) is 0 Å². The molecule has 0 aliphatic heterocycles. The SMILES string of the molecule is COc1cc(/C=C/c2cc(O)c3cc(C)oc3c2)cc(OC)c1OC. The summed E-state index contributed by atoms with van der Waals surface area (Å²) in [7, 11) is 4.73. The Morgan fingerprint density at radius 2 is 1.44 bits per heavy atom. The number of aromatic hydroxyl groups is 1. The van der Waals surface area contributed by atoms with Crippen molar-refractivity contribution in [3.63, 3.8) is 0 Å². The molecular formula is C20H20O5. The van der Waals surface area contributed by atoms with Gasteiger partial charge in [0, 0.05) is 0 Å². The Hall–Kier alpha value is -3.08. The predicted octanol–water partition coefficient (Wildman–Crippen LogP) is 4.64. The monoisotopic (exact) mass is 340 g/mol. The maximum atomic E-state index is 10.1. The minimum atomic E-state index is 0.193. The van der Waals surface area contributed by atoms with Gasteiger partial charge in [-0.15, -0.1) is 0 Å². The Kier molecular flexibility index (Phi) is 4.57. The molecule has 0 saturated carbocycles. The van der Waals surface area contributed by atoms with Gasteiger partial charge in [-0.2, -0.15) is 0 Å². The van der Waals surface area contributed by atoms with Crippen molar-refractivity contribution in [3.8, 4) is 23.0 Å². The minimum absolute atomic E-state index is 0.193. The van der Waals surface area contributed by atoms with Crippen LogP contribution < -0.4 is 14.2 Å². The fourth-order valence-corrected chi connectivity index (χ4v) is 2.75. The summed E-state index contributed by atoms with van der Waals surface area (Å²) in [5, 5.41) is 10.9. The van der Waals surface area contributed by atoms with E-state index < -0.39 is 0 Å². The molecule has 0 aliphatic rings. The number of methoxy groups -OCH3 is 3. The van der Waals surface area contributed by atoms with E-state index in [4.69, 9.17) is 18.6 Å². The highest BCUT2D eigenvalue weighted by atomic mass is 16.5. The lowest BCUT2D eigenvalue weighted by Crippen LogP contribution is -1.95. The average molecular weight is 340 g/mol. The van der Waals surface area contributed by atoms with Crippen LogP contribution in [0.3, 0.4) is 0 Å². The fourth-order valence-electron chi connectivity index (χ4n) is 2.75. The van der Waals surface area contributed by atoms with Gasteiger partial charge in [0.2, 0.25) is 5.75 Å². The van der Waals surface area contributed by atoms with Gasteiger partial charge in [0.1, 0.15) is 17.1 Å². The average Bonchev–Trinajstić information content (AvgIpc) is 2.99. The lowest BCUT2D eigenvalue weighted by Gasteiger charge is -2.12. The van der Waals surface area contributed by atoms with E-state index in [2.05, 4.69) is 0 Å². The molecule has 1 heterocycles. The van der Waals surface area contributed by atoms with Gasteiger partial charge in [0.15, 0.2) is 11.5 Å². The number of phenolic OH excluding ortho intramolecular Hbond substituents is 1. The summed E-state index contributed by atoms with van der Waals surface area (Å²) in [6.45, 7) is 1.85. The van der Waals surface area contributed by atoms with Crippen LogP contribution in [0.4, 0.5) is 0 Å². The van der Waals surface area contributed by atoms with Gasteiger partial charge in [-0.3, -0.25) is 0 Å². The molecule has 2 aromatic carbocycles. The first-order valence-electron chi connectivity index (χ1n) is 7.77. The number of phenols is 1. The minimum Gasteiger partial charge on any atom is -0.507 e. The van der Waals surface area contributed by atoms with Gasteiger partial charge in [0.05, 0.1) is 26.7 Å². The normalized spacial score (nSPS) is 11.2. The molecule has 3 rings (SSSR count). The molecule has 0 aliphatic carbocycles. The summed E-state index contributed by atoms with van der Waals surface area (Å²) in [4.78, 5) is 0. The van der Waals surface area contributed by atoms with Gasteiger partial charge in [-0.25, -0.2) is 0 Å². The van der Waals surface area contributed by atoms with E-state index in [0.717, 1.165) is 16.9 Å². The topological polar surface area (TPSA) is 61.1 Å². The van der Waals surface area contributed by atoms with Gasteiger partial charge in [0.25, 0.3) is 0 Å². The van der Waals surface area contributed by atoms with Crippen molar-refractivity contribution in [1.82, 2.24) is 0 Å². The highest BCUT2D eigenvalue weighted by molar-refractivity contribution is 5.88. The third-order valence-electron chi connectivity index (χ3n) is 3.92. The van der Waals surface area contributed by atoms with Crippen molar-refractivity contribution in [2.45, 2.75) is 6.92 Å². The molecule has 0 atom stereocenters. The summed E-state index contributed by atoms with van der Waals surface area (Å²) in [6.07, 6.45) is 3.79. The molecule has 0 fully saturated rings. The van der Waals surface area contributed by atoms with Crippen LogP contribution in [0.5, 0.6) is 23.0 Å². The molecule has 25 heavy (non-hydrogen) atoms. The Balaban J connectivity index is 1.99. The number of benzene rings is 2.